The van der Waals surface area contributed by atoms with Crippen LogP contribution in [0.2, 0.25) is 0 Å². The Bertz CT molecular complexity index is 541. The summed E-state index contributed by atoms with van der Waals surface area (Å²) in [6.07, 6.45) is 0. The van der Waals surface area contributed by atoms with Crippen molar-refractivity contribution in [3.05, 3.63) is 72.0 Å². The SMILES string of the molecule is CC.CC.CC.Fc1ccccc1.O=C(c1ccccc1)N1CCOCC1. The lowest BCUT2D eigenvalue weighted by molar-refractivity contribution is 0.0303. The van der Waals surface area contributed by atoms with Gasteiger partial charge in [-0.05, 0) is 24.3 Å². The molecule has 0 unspecified atom stereocenters. The minimum absolute atomic E-state index is 0.105. The van der Waals surface area contributed by atoms with Gasteiger partial charge in [-0.3, -0.25) is 4.79 Å². The van der Waals surface area contributed by atoms with Crippen LogP contribution in [-0.4, -0.2) is 37.1 Å². The summed E-state index contributed by atoms with van der Waals surface area (Å²) in [5, 5.41) is 0. The molecule has 1 saturated heterocycles. The van der Waals surface area contributed by atoms with Crippen LogP contribution in [-0.2, 0) is 4.74 Å². The smallest absolute Gasteiger partial charge is 0.254 e. The highest BCUT2D eigenvalue weighted by Gasteiger charge is 2.17. The molecule has 1 amide bonds. The second kappa shape index (κ2) is 20.1. The molecule has 0 aromatic heterocycles. The fraction of sp³-hybridized carbons (Fsp3) is 0.435. The number of nitrogens with zero attached hydrogens (tertiary/aromatic N) is 1. The number of carbonyl (C=O) groups excluding carboxylic acids is 1. The van der Waals surface area contributed by atoms with Crippen LogP contribution in [0.4, 0.5) is 4.39 Å². The van der Waals surface area contributed by atoms with Gasteiger partial charge in [-0.1, -0.05) is 77.9 Å². The molecule has 27 heavy (non-hydrogen) atoms. The Hall–Kier alpha value is -2.20. The molecule has 1 aliphatic heterocycles. The first-order valence-corrected chi connectivity index (χ1v) is 9.90. The zero-order valence-electron chi connectivity index (χ0n) is 17.7. The molecular weight excluding hydrogens is 341 g/mol. The van der Waals surface area contributed by atoms with Crippen molar-refractivity contribution in [1.82, 2.24) is 4.90 Å². The van der Waals surface area contributed by atoms with Crippen LogP contribution in [0.25, 0.3) is 0 Å². The molecular formula is C23H36FNO2. The van der Waals surface area contributed by atoms with E-state index in [9.17, 15) is 9.18 Å². The molecule has 152 valence electrons. The van der Waals surface area contributed by atoms with Gasteiger partial charge in [0.25, 0.3) is 5.91 Å². The van der Waals surface area contributed by atoms with E-state index in [0.717, 1.165) is 5.56 Å². The second-order valence-corrected chi connectivity index (χ2v) is 4.57. The van der Waals surface area contributed by atoms with Crippen LogP contribution in [0.1, 0.15) is 51.9 Å². The summed E-state index contributed by atoms with van der Waals surface area (Å²) in [6, 6.07) is 17.3. The highest BCUT2D eigenvalue weighted by Crippen LogP contribution is 2.06. The van der Waals surface area contributed by atoms with Crippen molar-refractivity contribution in [2.24, 2.45) is 0 Å². The van der Waals surface area contributed by atoms with Crippen molar-refractivity contribution in [3.8, 4) is 0 Å². The van der Waals surface area contributed by atoms with E-state index < -0.39 is 0 Å². The maximum Gasteiger partial charge on any atom is 0.254 e. The third-order valence-electron chi connectivity index (χ3n) is 3.05. The Labute approximate surface area is 165 Å². The normalized spacial score (nSPS) is 11.6. The van der Waals surface area contributed by atoms with Crippen molar-refractivity contribution in [3.63, 3.8) is 0 Å². The standard InChI is InChI=1S/C11H13NO2.C6H5F.3C2H6/c13-11(10-4-2-1-3-5-10)12-6-8-14-9-7-12;7-6-4-2-1-3-5-6;3*1-2/h1-5H,6-9H2;1-5H;3*1-2H3. The molecule has 0 aliphatic carbocycles. The summed E-state index contributed by atoms with van der Waals surface area (Å²) < 4.78 is 17.1. The Balaban J connectivity index is 0. The summed E-state index contributed by atoms with van der Waals surface area (Å²) in [5.41, 5.74) is 0.759. The number of morpholine rings is 1. The van der Waals surface area contributed by atoms with Crippen molar-refractivity contribution in [1.29, 1.82) is 0 Å². The highest BCUT2D eigenvalue weighted by molar-refractivity contribution is 5.94. The van der Waals surface area contributed by atoms with E-state index in [1.165, 1.54) is 12.1 Å². The summed E-state index contributed by atoms with van der Waals surface area (Å²) in [4.78, 5) is 13.7. The van der Waals surface area contributed by atoms with E-state index in [-0.39, 0.29) is 11.7 Å². The molecule has 0 spiro atoms. The Morgan fingerprint density at radius 3 is 1.56 bits per heavy atom. The monoisotopic (exact) mass is 377 g/mol. The molecule has 1 aliphatic rings. The van der Waals surface area contributed by atoms with Crippen LogP contribution in [0.15, 0.2) is 60.7 Å². The van der Waals surface area contributed by atoms with Crippen molar-refractivity contribution in [2.45, 2.75) is 41.5 Å². The molecule has 0 atom stereocenters. The molecule has 0 radical (unpaired) electrons. The number of ether oxygens (including phenoxy) is 1. The van der Waals surface area contributed by atoms with Crippen molar-refractivity contribution >= 4 is 5.91 Å². The number of halogens is 1. The van der Waals surface area contributed by atoms with Crippen molar-refractivity contribution in [2.75, 3.05) is 26.3 Å². The van der Waals surface area contributed by atoms with Gasteiger partial charge in [-0.15, -0.1) is 0 Å². The third-order valence-corrected chi connectivity index (χ3v) is 3.05. The molecule has 2 aromatic rings. The Kier molecular flexibility index (Phi) is 20.1. The van der Waals surface area contributed by atoms with Crippen LogP contribution in [0.5, 0.6) is 0 Å². The maximum atomic E-state index is 11.9. The van der Waals surface area contributed by atoms with Gasteiger partial charge in [0.2, 0.25) is 0 Å². The van der Waals surface area contributed by atoms with Crippen LogP contribution >= 0.6 is 0 Å². The van der Waals surface area contributed by atoms with Gasteiger partial charge >= 0.3 is 0 Å². The van der Waals surface area contributed by atoms with Gasteiger partial charge in [-0.25, -0.2) is 4.39 Å². The van der Waals surface area contributed by atoms with Gasteiger partial charge in [0.1, 0.15) is 5.82 Å². The fourth-order valence-electron chi connectivity index (χ4n) is 1.94. The average Bonchev–Trinajstić information content (AvgIpc) is 2.79. The van der Waals surface area contributed by atoms with Gasteiger partial charge in [-0.2, -0.15) is 0 Å². The van der Waals surface area contributed by atoms with E-state index in [1.54, 1.807) is 18.2 Å². The van der Waals surface area contributed by atoms with Crippen LogP contribution < -0.4 is 0 Å². The molecule has 2 aromatic carbocycles. The third kappa shape index (κ3) is 12.7. The van der Waals surface area contributed by atoms with E-state index in [0.29, 0.717) is 26.3 Å². The lowest BCUT2D eigenvalue weighted by Crippen LogP contribution is -2.40. The maximum absolute atomic E-state index is 11.9. The zero-order valence-corrected chi connectivity index (χ0v) is 17.7. The van der Waals surface area contributed by atoms with E-state index >= 15 is 0 Å². The zero-order chi connectivity index (χ0) is 20.9. The molecule has 0 saturated carbocycles. The fourth-order valence-corrected chi connectivity index (χ4v) is 1.94. The number of hydrogen-bond donors (Lipinski definition) is 0. The minimum Gasteiger partial charge on any atom is -0.378 e. The van der Waals surface area contributed by atoms with E-state index in [2.05, 4.69) is 0 Å². The second-order valence-electron chi connectivity index (χ2n) is 4.57. The van der Waals surface area contributed by atoms with Gasteiger partial charge in [0, 0.05) is 18.7 Å². The summed E-state index contributed by atoms with van der Waals surface area (Å²) >= 11 is 0. The number of amides is 1. The number of benzene rings is 2. The lowest BCUT2D eigenvalue weighted by Gasteiger charge is -2.26. The molecule has 4 heteroatoms. The average molecular weight is 378 g/mol. The highest BCUT2D eigenvalue weighted by atomic mass is 19.1. The molecule has 0 bridgehead atoms. The lowest BCUT2D eigenvalue weighted by atomic mass is 10.2. The molecule has 0 N–H and O–H groups in total. The first-order chi connectivity index (χ1) is 13.3. The molecule has 1 heterocycles. The number of rotatable bonds is 1. The van der Waals surface area contributed by atoms with Crippen LogP contribution in [0, 0.1) is 5.82 Å². The molecule has 1 fully saturated rings. The summed E-state index contributed by atoms with van der Waals surface area (Å²) in [6.45, 7) is 14.7. The largest absolute Gasteiger partial charge is 0.378 e. The topological polar surface area (TPSA) is 29.5 Å². The van der Waals surface area contributed by atoms with Gasteiger partial charge in [0.15, 0.2) is 0 Å². The minimum atomic E-state index is -0.178. The predicted molar refractivity (Wildman–Crippen MR) is 114 cm³/mol. The summed E-state index contributed by atoms with van der Waals surface area (Å²) in [7, 11) is 0. The Morgan fingerprint density at radius 1 is 0.778 bits per heavy atom. The van der Waals surface area contributed by atoms with Crippen molar-refractivity contribution < 1.29 is 13.9 Å². The molecule has 3 nitrogen and oxygen atoms in total. The van der Waals surface area contributed by atoms with Gasteiger partial charge in [0.05, 0.1) is 13.2 Å². The first kappa shape index (κ1) is 27.0. The van der Waals surface area contributed by atoms with Crippen LogP contribution in [0.3, 0.4) is 0 Å². The van der Waals surface area contributed by atoms with Gasteiger partial charge < -0.3 is 9.64 Å². The Morgan fingerprint density at radius 2 is 1.19 bits per heavy atom. The quantitative estimate of drug-likeness (QED) is 0.604. The first-order valence-electron chi connectivity index (χ1n) is 9.90. The van der Waals surface area contributed by atoms with E-state index in [1.807, 2.05) is 76.8 Å². The number of carbonyl (C=O) groups is 1. The predicted octanol–water partition coefficient (Wildman–Crippen LogP) is 6.06. The van der Waals surface area contributed by atoms with E-state index in [4.69, 9.17) is 4.74 Å². The number of hydrogen-bond acceptors (Lipinski definition) is 2. The summed E-state index contributed by atoms with van der Waals surface area (Å²) in [5.74, 6) is -0.0728. The molecule has 3 rings (SSSR count).